The Kier molecular flexibility index (Phi) is 2.97. The van der Waals surface area contributed by atoms with Crippen molar-refractivity contribution in [3.8, 4) is 5.69 Å². The first-order valence-corrected chi connectivity index (χ1v) is 5.19. The molecule has 6 nitrogen and oxygen atoms in total. The molecule has 1 aromatic heterocycles. The molecule has 82 valence electrons. The van der Waals surface area contributed by atoms with Crippen LogP contribution in [-0.2, 0) is 0 Å². The van der Waals surface area contributed by atoms with Gasteiger partial charge in [0.05, 0.1) is 11.9 Å². The summed E-state index contributed by atoms with van der Waals surface area (Å²) in [7, 11) is 0. The normalized spacial score (nSPS) is 10.1. The molecule has 0 radical (unpaired) electrons. The number of hydrazine groups is 1. The molecule has 0 aliphatic heterocycles. The third-order valence-electron chi connectivity index (χ3n) is 1.93. The van der Waals surface area contributed by atoms with Gasteiger partial charge in [-0.05, 0) is 18.2 Å². The molecular weight excluding hydrogens is 274 g/mol. The number of amides is 1. The number of aromatic nitrogens is 3. The molecule has 3 N–H and O–H groups in total. The molecule has 1 amide bonds. The van der Waals surface area contributed by atoms with Crippen LogP contribution in [0.1, 0.15) is 10.5 Å². The zero-order valence-corrected chi connectivity index (χ0v) is 9.68. The Hall–Kier alpha value is -1.73. The topological polar surface area (TPSA) is 85.8 Å². The van der Waals surface area contributed by atoms with Crippen molar-refractivity contribution in [2.24, 2.45) is 5.84 Å². The smallest absolute Gasteiger partial charge is 0.287 e. The molecule has 0 aliphatic carbocycles. The fourth-order valence-corrected chi connectivity index (χ4v) is 1.57. The number of hydrogen-bond acceptors (Lipinski definition) is 4. The van der Waals surface area contributed by atoms with Gasteiger partial charge in [-0.1, -0.05) is 27.2 Å². The average molecular weight is 282 g/mol. The standard InChI is InChI=1S/C9H8BrN5O/c10-6-2-1-3-7(4-6)15-5-8(13-14-15)9(16)12-11/h1-5H,11H2,(H,12,16). The molecule has 0 atom stereocenters. The van der Waals surface area contributed by atoms with Gasteiger partial charge in [-0.15, -0.1) is 5.10 Å². The maximum atomic E-state index is 11.2. The molecule has 2 rings (SSSR count). The van der Waals surface area contributed by atoms with Crippen LogP contribution in [0.15, 0.2) is 34.9 Å². The van der Waals surface area contributed by atoms with Crippen molar-refractivity contribution in [1.29, 1.82) is 0 Å². The van der Waals surface area contributed by atoms with Crippen molar-refractivity contribution < 1.29 is 4.79 Å². The Balaban J connectivity index is 2.35. The second-order valence-corrected chi connectivity index (χ2v) is 3.92. The van der Waals surface area contributed by atoms with E-state index in [1.807, 2.05) is 29.7 Å². The van der Waals surface area contributed by atoms with Crippen molar-refractivity contribution in [1.82, 2.24) is 20.4 Å². The summed E-state index contributed by atoms with van der Waals surface area (Å²) >= 11 is 3.35. The number of nitrogens with two attached hydrogens (primary N) is 1. The fourth-order valence-electron chi connectivity index (χ4n) is 1.19. The second kappa shape index (κ2) is 4.42. The highest BCUT2D eigenvalue weighted by molar-refractivity contribution is 9.10. The van der Waals surface area contributed by atoms with Gasteiger partial charge >= 0.3 is 0 Å². The number of hydrogen-bond donors (Lipinski definition) is 2. The lowest BCUT2D eigenvalue weighted by atomic mass is 10.3. The van der Waals surface area contributed by atoms with Crippen molar-refractivity contribution in [3.63, 3.8) is 0 Å². The number of rotatable bonds is 2. The first-order valence-electron chi connectivity index (χ1n) is 4.40. The predicted molar refractivity (Wildman–Crippen MR) is 60.7 cm³/mol. The molecule has 16 heavy (non-hydrogen) atoms. The van der Waals surface area contributed by atoms with E-state index in [2.05, 4.69) is 26.2 Å². The maximum Gasteiger partial charge on any atom is 0.287 e. The summed E-state index contributed by atoms with van der Waals surface area (Å²) in [5.74, 6) is 4.52. The minimum absolute atomic E-state index is 0.169. The largest absolute Gasteiger partial charge is 0.289 e. The van der Waals surface area contributed by atoms with Crippen LogP contribution >= 0.6 is 15.9 Å². The molecule has 0 aliphatic rings. The number of nitrogens with one attached hydrogen (secondary N) is 1. The van der Waals surface area contributed by atoms with Crippen LogP contribution in [0.25, 0.3) is 5.69 Å². The number of benzene rings is 1. The SMILES string of the molecule is NNC(=O)c1cn(-c2cccc(Br)c2)nn1. The zero-order valence-electron chi connectivity index (χ0n) is 8.09. The van der Waals surface area contributed by atoms with Crippen LogP contribution in [0.2, 0.25) is 0 Å². The van der Waals surface area contributed by atoms with Gasteiger partial charge in [-0.2, -0.15) is 0 Å². The van der Waals surface area contributed by atoms with Crippen molar-refractivity contribution in [2.75, 3.05) is 0 Å². The molecule has 1 aromatic carbocycles. The molecule has 0 saturated carbocycles. The molecule has 0 bridgehead atoms. The van der Waals surface area contributed by atoms with Gasteiger partial charge in [0.25, 0.3) is 5.91 Å². The highest BCUT2D eigenvalue weighted by atomic mass is 79.9. The van der Waals surface area contributed by atoms with E-state index in [9.17, 15) is 4.79 Å². The highest BCUT2D eigenvalue weighted by Crippen LogP contribution is 2.14. The second-order valence-electron chi connectivity index (χ2n) is 3.00. The summed E-state index contributed by atoms with van der Waals surface area (Å²) < 4.78 is 2.42. The van der Waals surface area contributed by atoms with Crippen LogP contribution in [-0.4, -0.2) is 20.9 Å². The molecule has 7 heteroatoms. The van der Waals surface area contributed by atoms with Crippen LogP contribution in [0.3, 0.4) is 0 Å². The Morgan fingerprint density at radius 2 is 2.31 bits per heavy atom. The molecular formula is C9H8BrN5O. The van der Waals surface area contributed by atoms with E-state index in [1.54, 1.807) is 0 Å². The summed E-state index contributed by atoms with van der Waals surface area (Å²) in [6.07, 6.45) is 1.50. The Labute approximate surface area is 99.5 Å². The Morgan fingerprint density at radius 3 is 3.00 bits per heavy atom. The van der Waals surface area contributed by atoms with Gasteiger partial charge in [0.2, 0.25) is 0 Å². The van der Waals surface area contributed by atoms with E-state index in [1.165, 1.54) is 10.9 Å². The summed E-state index contributed by atoms with van der Waals surface area (Å²) in [5.41, 5.74) is 2.97. The monoisotopic (exact) mass is 281 g/mol. The molecule has 2 aromatic rings. The summed E-state index contributed by atoms with van der Waals surface area (Å²) in [6, 6.07) is 7.47. The van der Waals surface area contributed by atoms with Gasteiger partial charge in [0.15, 0.2) is 5.69 Å². The van der Waals surface area contributed by atoms with Crippen LogP contribution < -0.4 is 11.3 Å². The summed E-state index contributed by atoms with van der Waals surface area (Å²) in [5, 5.41) is 7.52. The Morgan fingerprint density at radius 1 is 1.50 bits per heavy atom. The van der Waals surface area contributed by atoms with Gasteiger partial charge in [0, 0.05) is 4.47 Å². The van der Waals surface area contributed by atoms with Crippen molar-refractivity contribution in [2.45, 2.75) is 0 Å². The number of nitrogens with zero attached hydrogens (tertiary/aromatic N) is 3. The van der Waals surface area contributed by atoms with Gasteiger partial charge in [0.1, 0.15) is 0 Å². The van der Waals surface area contributed by atoms with E-state index < -0.39 is 5.91 Å². The number of carbonyl (C=O) groups is 1. The molecule has 0 fully saturated rings. The predicted octanol–water partition coefficient (Wildman–Crippen LogP) is 0.633. The van der Waals surface area contributed by atoms with Crippen LogP contribution in [0.5, 0.6) is 0 Å². The van der Waals surface area contributed by atoms with Crippen LogP contribution in [0.4, 0.5) is 0 Å². The van der Waals surface area contributed by atoms with Gasteiger partial charge in [-0.25, -0.2) is 10.5 Å². The lowest BCUT2D eigenvalue weighted by Gasteiger charge is -1.99. The minimum atomic E-state index is -0.471. The third kappa shape index (κ3) is 2.10. The molecule has 0 saturated heterocycles. The molecule has 0 unspecified atom stereocenters. The van der Waals surface area contributed by atoms with Crippen molar-refractivity contribution in [3.05, 3.63) is 40.6 Å². The van der Waals surface area contributed by atoms with E-state index >= 15 is 0 Å². The molecule has 0 spiro atoms. The van der Waals surface area contributed by atoms with Crippen molar-refractivity contribution >= 4 is 21.8 Å². The zero-order chi connectivity index (χ0) is 11.5. The maximum absolute atomic E-state index is 11.2. The highest BCUT2D eigenvalue weighted by Gasteiger charge is 2.09. The van der Waals surface area contributed by atoms with E-state index in [0.29, 0.717) is 0 Å². The van der Waals surface area contributed by atoms with Gasteiger partial charge in [-0.3, -0.25) is 10.2 Å². The number of carbonyl (C=O) groups excluding carboxylic acids is 1. The first-order chi connectivity index (χ1) is 7.70. The minimum Gasteiger partial charge on any atom is -0.289 e. The number of nitrogen functional groups attached to an aromatic ring is 1. The first kappa shape index (κ1) is 10.8. The summed E-state index contributed by atoms with van der Waals surface area (Å²) in [6.45, 7) is 0. The fraction of sp³-hybridized carbons (Fsp3) is 0. The lowest BCUT2D eigenvalue weighted by Crippen LogP contribution is -2.30. The quantitative estimate of drug-likeness (QED) is 0.480. The van der Waals surface area contributed by atoms with E-state index in [-0.39, 0.29) is 5.69 Å². The average Bonchev–Trinajstić information content (AvgIpc) is 2.77. The van der Waals surface area contributed by atoms with Crippen LogP contribution in [0, 0.1) is 0 Å². The third-order valence-corrected chi connectivity index (χ3v) is 2.42. The van der Waals surface area contributed by atoms with E-state index in [4.69, 9.17) is 5.84 Å². The summed E-state index contributed by atoms with van der Waals surface area (Å²) in [4.78, 5) is 11.2. The molecule has 1 heterocycles. The Bertz CT molecular complexity index is 524. The van der Waals surface area contributed by atoms with E-state index in [0.717, 1.165) is 10.2 Å². The lowest BCUT2D eigenvalue weighted by molar-refractivity contribution is 0.0948. The number of halogens is 1. The van der Waals surface area contributed by atoms with Gasteiger partial charge < -0.3 is 0 Å².